The first-order valence-corrected chi connectivity index (χ1v) is 10.2. The normalized spacial score (nSPS) is 12.3. The maximum absolute atomic E-state index is 12.4. The van der Waals surface area contributed by atoms with Gasteiger partial charge in [0.25, 0.3) is 0 Å². The molecule has 7 heteroatoms. The Morgan fingerprint density at radius 2 is 1.67 bits per heavy atom. The number of rotatable bonds is 5. The maximum atomic E-state index is 12.4. The zero-order valence-electron chi connectivity index (χ0n) is 16.1. The summed E-state index contributed by atoms with van der Waals surface area (Å²) in [5.74, 6) is -0.671. The third-order valence-corrected chi connectivity index (χ3v) is 6.27. The number of halogens is 1. The van der Waals surface area contributed by atoms with Crippen LogP contribution >= 0.6 is 11.6 Å². The van der Waals surface area contributed by atoms with Crippen molar-refractivity contribution in [3.05, 3.63) is 64.2 Å². The zero-order valence-corrected chi connectivity index (χ0v) is 17.7. The van der Waals surface area contributed by atoms with E-state index in [1.54, 1.807) is 0 Å². The van der Waals surface area contributed by atoms with E-state index in [0.29, 0.717) is 0 Å². The second-order valence-corrected chi connectivity index (χ2v) is 10.0. The molecule has 0 fully saturated rings. The molecule has 0 amide bonds. The largest absolute Gasteiger partial charge is 0.457 e. The molecule has 27 heavy (non-hydrogen) atoms. The van der Waals surface area contributed by atoms with Crippen molar-refractivity contribution in [1.82, 2.24) is 4.31 Å². The molecule has 0 radical (unpaired) electrons. The molecule has 0 aliphatic heterocycles. The Morgan fingerprint density at radius 1 is 1.07 bits per heavy atom. The smallest absolute Gasteiger partial charge is 0.340 e. The Morgan fingerprint density at radius 3 is 2.19 bits per heavy atom. The van der Waals surface area contributed by atoms with Gasteiger partial charge in [-0.25, -0.2) is 17.5 Å². The van der Waals surface area contributed by atoms with Gasteiger partial charge >= 0.3 is 5.97 Å². The molecule has 0 aliphatic carbocycles. The van der Waals surface area contributed by atoms with Crippen molar-refractivity contribution in [3.8, 4) is 0 Å². The molecule has 0 unspecified atom stereocenters. The molecule has 0 aliphatic rings. The van der Waals surface area contributed by atoms with Crippen molar-refractivity contribution >= 4 is 27.6 Å². The zero-order chi connectivity index (χ0) is 20.4. The van der Waals surface area contributed by atoms with Crippen LogP contribution in [-0.2, 0) is 26.8 Å². The van der Waals surface area contributed by atoms with Crippen molar-refractivity contribution < 1.29 is 17.9 Å². The Balaban J connectivity index is 2.17. The molecule has 0 saturated heterocycles. The molecule has 0 spiro atoms. The molecule has 2 rings (SSSR count). The van der Waals surface area contributed by atoms with Gasteiger partial charge in [-0.1, -0.05) is 56.6 Å². The van der Waals surface area contributed by atoms with E-state index in [0.717, 1.165) is 9.87 Å². The van der Waals surface area contributed by atoms with Crippen LogP contribution in [0.4, 0.5) is 0 Å². The molecule has 0 aromatic heterocycles. The van der Waals surface area contributed by atoms with Crippen LogP contribution in [0.5, 0.6) is 0 Å². The number of hydrogen-bond acceptors (Lipinski definition) is 4. The second-order valence-electron chi connectivity index (χ2n) is 7.45. The van der Waals surface area contributed by atoms with E-state index in [1.165, 1.54) is 37.9 Å². The average molecular weight is 410 g/mol. The molecule has 0 atom stereocenters. The number of carbonyl (C=O) groups is 1. The van der Waals surface area contributed by atoms with E-state index in [9.17, 15) is 13.2 Å². The molecule has 0 heterocycles. The molecule has 0 N–H and O–H groups in total. The number of benzene rings is 2. The third-order valence-electron chi connectivity index (χ3n) is 4.13. The second kappa shape index (κ2) is 8.00. The molecular weight excluding hydrogens is 386 g/mol. The Hall–Kier alpha value is -1.89. The number of hydrogen-bond donors (Lipinski definition) is 0. The van der Waals surface area contributed by atoms with Gasteiger partial charge in [0.2, 0.25) is 10.0 Å². The highest BCUT2D eigenvalue weighted by molar-refractivity contribution is 7.89. The van der Waals surface area contributed by atoms with Crippen LogP contribution in [0.3, 0.4) is 0 Å². The molecule has 146 valence electrons. The van der Waals surface area contributed by atoms with Crippen LogP contribution < -0.4 is 0 Å². The third kappa shape index (κ3) is 5.09. The minimum Gasteiger partial charge on any atom is -0.457 e. The van der Waals surface area contributed by atoms with Crippen LogP contribution in [0.2, 0.25) is 5.02 Å². The Kier molecular flexibility index (Phi) is 6.35. The summed E-state index contributed by atoms with van der Waals surface area (Å²) >= 11 is 6.06. The molecule has 0 bridgehead atoms. The maximum Gasteiger partial charge on any atom is 0.340 e. The minimum absolute atomic E-state index is 0.0154. The van der Waals surface area contributed by atoms with Gasteiger partial charge in [0.1, 0.15) is 6.61 Å². The summed E-state index contributed by atoms with van der Waals surface area (Å²) in [6.07, 6.45) is 0. The Labute approximate surface area is 166 Å². The highest BCUT2D eigenvalue weighted by atomic mass is 35.5. The van der Waals surface area contributed by atoms with Crippen LogP contribution in [-0.4, -0.2) is 32.8 Å². The summed E-state index contributed by atoms with van der Waals surface area (Å²) in [5, 5.41) is 0.140. The summed E-state index contributed by atoms with van der Waals surface area (Å²) in [7, 11) is -0.829. The van der Waals surface area contributed by atoms with Crippen LogP contribution in [0.25, 0.3) is 0 Å². The number of nitrogens with zero attached hydrogens (tertiary/aromatic N) is 1. The van der Waals surface area contributed by atoms with E-state index >= 15 is 0 Å². The highest BCUT2D eigenvalue weighted by Crippen LogP contribution is 2.24. The number of esters is 1. The Bertz CT molecular complexity index is 929. The van der Waals surface area contributed by atoms with Crippen LogP contribution in [0.15, 0.2) is 47.4 Å². The fourth-order valence-corrected chi connectivity index (χ4v) is 3.48. The molecular formula is C20H24ClNO4S. The van der Waals surface area contributed by atoms with Gasteiger partial charge in [-0.05, 0) is 34.7 Å². The van der Waals surface area contributed by atoms with E-state index in [2.05, 4.69) is 20.8 Å². The SMILES string of the molecule is CN(C)S(=O)(=O)c1ccc(Cl)c(C(=O)OCc2ccc(C(C)(C)C)cc2)c1. The van der Waals surface area contributed by atoms with E-state index in [4.69, 9.17) is 16.3 Å². The summed E-state index contributed by atoms with van der Waals surface area (Å²) in [6.45, 7) is 6.45. The van der Waals surface area contributed by atoms with Crippen LogP contribution in [0.1, 0.15) is 42.3 Å². The van der Waals surface area contributed by atoms with Crippen LogP contribution in [0, 0.1) is 0 Å². The molecule has 2 aromatic rings. The number of carbonyl (C=O) groups excluding carboxylic acids is 1. The first-order valence-electron chi connectivity index (χ1n) is 8.41. The van der Waals surface area contributed by atoms with E-state index in [1.807, 2.05) is 24.3 Å². The van der Waals surface area contributed by atoms with Gasteiger partial charge in [0.05, 0.1) is 15.5 Å². The quantitative estimate of drug-likeness (QED) is 0.692. The highest BCUT2D eigenvalue weighted by Gasteiger charge is 2.21. The fraction of sp³-hybridized carbons (Fsp3) is 0.350. The first kappa shape index (κ1) is 21.4. The monoisotopic (exact) mass is 409 g/mol. The fourth-order valence-electron chi connectivity index (χ4n) is 2.36. The summed E-state index contributed by atoms with van der Waals surface area (Å²) in [6, 6.07) is 11.8. The average Bonchev–Trinajstić information content (AvgIpc) is 2.59. The summed E-state index contributed by atoms with van der Waals surface area (Å²) in [4.78, 5) is 12.4. The van der Waals surface area contributed by atoms with Gasteiger partial charge in [-0.2, -0.15) is 0 Å². The number of sulfonamides is 1. The van der Waals surface area contributed by atoms with Gasteiger partial charge in [-0.3, -0.25) is 0 Å². The van der Waals surface area contributed by atoms with Crippen molar-refractivity contribution in [1.29, 1.82) is 0 Å². The van der Waals surface area contributed by atoms with Gasteiger partial charge in [0, 0.05) is 14.1 Å². The lowest BCUT2D eigenvalue weighted by Gasteiger charge is -2.19. The lowest BCUT2D eigenvalue weighted by molar-refractivity contribution is 0.0472. The van der Waals surface area contributed by atoms with Gasteiger partial charge < -0.3 is 4.74 Å². The van der Waals surface area contributed by atoms with E-state index < -0.39 is 16.0 Å². The topological polar surface area (TPSA) is 63.7 Å². The lowest BCUT2D eigenvalue weighted by atomic mass is 9.87. The lowest BCUT2D eigenvalue weighted by Crippen LogP contribution is -2.22. The predicted molar refractivity (Wildman–Crippen MR) is 107 cm³/mol. The summed E-state index contributed by atoms with van der Waals surface area (Å²) < 4.78 is 30.9. The number of ether oxygens (including phenoxy) is 1. The van der Waals surface area contributed by atoms with Crippen molar-refractivity contribution in [2.24, 2.45) is 0 Å². The standard InChI is InChI=1S/C20H24ClNO4S/c1-20(2,3)15-8-6-14(7-9-15)13-26-19(23)17-12-16(10-11-18(17)21)27(24,25)22(4)5/h6-12H,13H2,1-5H3. The molecule has 0 saturated carbocycles. The van der Waals surface area contributed by atoms with Crippen molar-refractivity contribution in [2.45, 2.75) is 37.7 Å². The van der Waals surface area contributed by atoms with Crippen molar-refractivity contribution in [3.63, 3.8) is 0 Å². The van der Waals surface area contributed by atoms with Crippen molar-refractivity contribution in [2.75, 3.05) is 14.1 Å². The predicted octanol–water partition coefficient (Wildman–Crippen LogP) is 4.24. The van der Waals surface area contributed by atoms with E-state index in [-0.39, 0.29) is 27.5 Å². The first-order chi connectivity index (χ1) is 12.4. The summed E-state index contributed by atoms with van der Waals surface area (Å²) in [5.41, 5.74) is 2.08. The molecule has 5 nitrogen and oxygen atoms in total. The molecule has 2 aromatic carbocycles. The van der Waals surface area contributed by atoms with Gasteiger partial charge in [0.15, 0.2) is 0 Å². The van der Waals surface area contributed by atoms with Gasteiger partial charge in [-0.15, -0.1) is 0 Å². The minimum atomic E-state index is -3.67.